The highest BCUT2D eigenvalue weighted by Gasteiger charge is 2.16. The Kier molecular flexibility index (Phi) is 5.60. The Hall–Kier alpha value is -2.47. The molecule has 0 saturated carbocycles. The van der Waals surface area contributed by atoms with Crippen molar-refractivity contribution in [3.05, 3.63) is 47.0 Å². The van der Waals surface area contributed by atoms with Crippen molar-refractivity contribution >= 4 is 33.7 Å². The first-order chi connectivity index (χ1) is 12.2. The number of aromatic nitrogens is 2. The zero-order valence-corrected chi connectivity index (χ0v) is 15.3. The number of amides is 1. The van der Waals surface area contributed by atoms with Crippen LogP contribution in [0.2, 0.25) is 0 Å². The van der Waals surface area contributed by atoms with Crippen molar-refractivity contribution in [2.75, 3.05) is 0 Å². The van der Waals surface area contributed by atoms with Gasteiger partial charge in [-0.25, -0.2) is 10.1 Å². The zero-order chi connectivity index (χ0) is 17.6. The summed E-state index contributed by atoms with van der Waals surface area (Å²) in [5.74, 6) is -0.174. The van der Waals surface area contributed by atoms with E-state index in [2.05, 4.69) is 22.5 Å². The average Bonchev–Trinajstić information content (AvgIpc) is 3.19. The molecular formula is C19H22N4OS. The third kappa shape index (κ3) is 3.96. The summed E-state index contributed by atoms with van der Waals surface area (Å²) in [6, 6.07) is 11.8. The SMILES string of the molecule is CCCCCC=NNC(=O)c1cc2c(C)nn(-c3ccccc3)c2s1. The molecule has 0 aliphatic heterocycles. The Balaban J connectivity index is 1.76. The van der Waals surface area contributed by atoms with Gasteiger partial charge in [-0.1, -0.05) is 38.0 Å². The van der Waals surface area contributed by atoms with Gasteiger partial charge >= 0.3 is 0 Å². The van der Waals surface area contributed by atoms with Crippen LogP contribution in [0.4, 0.5) is 0 Å². The number of nitrogens with one attached hydrogen (secondary N) is 1. The number of thiophene rings is 1. The molecule has 0 bridgehead atoms. The highest BCUT2D eigenvalue weighted by molar-refractivity contribution is 7.20. The predicted octanol–water partition coefficient (Wildman–Crippen LogP) is 4.69. The Morgan fingerprint density at radius 2 is 2.12 bits per heavy atom. The molecule has 2 heterocycles. The second-order valence-electron chi connectivity index (χ2n) is 5.91. The van der Waals surface area contributed by atoms with Gasteiger partial charge in [0.1, 0.15) is 4.83 Å². The van der Waals surface area contributed by atoms with Gasteiger partial charge in [-0.15, -0.1) is 11.3 Å². The molecule has 0 unspecified atom stereocenters. The molecule has 0 radical (unpaired) electrons. The van der Waals surface area contributed by atoms with E-state index in [1.807, 2.05) is 48.0 Å². The predicted molar refractivity (Wildman–Crippen MR) is 104 cm³/mol. The van der Waals surface area contributed by atoms with E-state index in [0.717, 1.165) is 34.4 Å². The fourth-order valence-electron chi connectivity index (χ4n) is 2.61. The van der Waals surface area contributed by atoms with Gasteiger partial charge in [-0.05, 0) is 38.0 Å². The van der Waals surface area contributed by atoms with Crippen LogP contribution < -0.4 is 5.43 Å². The van der Waals surface area contributed by atoms with Gasteiger partial charge in [0, 0.05) is 11.6 Å². The lowest BCUT2D eigenvalue weighted by Gasteiger charge is -2.01. The lowest BCUT2D eigenvalue weighted by Crippen LogP contribution is -2.16. The first-order valence-electron chi connectivity index (χ1n) is 8.57. The van der Waals surface area contributed by atoms with E-state index in [1.165, 1.54) is 24.2 Å². The quantitative estimate of drug-likeness (QED) is 0.380. The Bertz CT molecular complexity index is 880. The summed E-state index contributed by atoms with van der Waals surface area (Å²) in [7, 11) is 0. The van der Waals surface area contributed by atoms with Gasteiger partial charge in [-0.2, -0.15) is 10.2 Å². The van der Waals surface area contributed by atoms with Gasteiger partial charge in [0.05, 0.1) is 16.3 Å². The van der Waals surface area contributed by atoms with Crippen LogP contribution in [-0.4, -0.2) is 21.9 Å². The summed E-state index contributed by atoms with van der Waals surface area (Å²) >= 11 is 1.43. The molecule has 130 valence electrons. The van der Waals surface area contributed by atoms with Gasteiger partial charge in [0.2, 0.25) is 0 Å². The molecule has 0 saturated heterocycles. The van der Waals surface area contributed by atoms with Gasteiger partial charge < -0.3 is 0 Å². The second kappa shape index (κ2) is 8.07. The molecule has 1 N–H and O–H groups in total. The normalized spacial score (nSPS) is 11.4. The van der Waals surface area contributed by atoms with Gasteiger partial charge in [-0.3, -0.25) is 4.79 Å². The third-order valence-corrected chi connectivity index (χ3v) is 5.07. The summed E-state index contributed by atoms with van der Waals surface area (Å²) in [5, 5.41) is 9.63. The average molecular weight is 354 g/mol. The number of hydrazone groups is 1. The third-order valence-electron chi connectivity index (χ3n) is 3.96. The van der Waals surface area contributed by atoms with Crippen molar-refractivity contribution in [2.24, 2.45) is 5.10 Å². The molecule has 0 spiro atoms. The number of rotatable bonds is 7. The smallest absolute Gasteiger partial charge is 0.266 e. The van der Waals surface area contributed by atoms with Gasteiger partial charge in [0.25, 0.3) is 5.91 Å². The maximum absolute atomic E-state index is 12.3. The molecule has 0 aliphatic carbocycles. The molecule has 2 aromatic heterocycles. The van der Waals surface area contributed by atoms with Crippen LogP contribution in [0, 0.1) is 6.92 Å². The standard InChI is InChI=1S/C19H22N4OS/c1-3-4-5-9-12-20-21-18(24)17-13-16-14(2)22-23(19(16)25-17)15-10-7-6-8-11-15/h6-8,10-13H,3-5,9H2,1-2H3,(H,21,24). The first-order valence-corrected chi connectivity index (χ1v) is 9.38. The Morgan fingerprint density at radius 1 is 1.32 bits per heavy atom. The molecule has 0 aliphatic rings. The fourth-order valence-corrected chi connectivity index (χ4v) is 3.69. The molecule has 1 aromatic carbocycles. The number of fused-ring (bicyclic) bond motifs is 1. The molecule has 6 heteroatoms. The van der Waals surface area contributed by atoms with E-state index >= 15 is 0 Å². The summed E-state index contributed by atoms with van der Waals surface area (Å²) in [6.07, 6.45) is 6.14. The van der Waals surface area contributed by atoms with E-state index in [9.17, 15) is 4.79 Å². The Morgan fingerprint density at radius 3 is 2.88 bits per heavy atom. The highest BCUT2D eigenvalue weighted by atomic mass is 32.1. The topological polar surface area (TPSA) is 59.3 Å². The van der Waals surface area contributed by atoms with E-state index in [0.29, 0.717) is 4.88 Å². The lowest BCUT2D eigenvalue weighted by molar-refractivity contribution is 0.0959. The van der Waals surface area contributed by atoms with Crippen molar-refractivity contribution in [1.82, 2.24) is 15.2 Å². The van der Waals surface area contributed by atoms with E-state index in [1.54, 1.807) is 6.21 Å². The van der Waals surface area contributed by atoms with E-state index in [4.69, 9.17) is 0 Å². The highest BCUT2D eigenvalue weighted by Crippen LogP contribution is 2.30. The summed E-state index contributed by atoms with van der Waals surface area (Å²) < 4.78 is 1.89. The van der Waals surface area contributed by atoms with Crippen LogP contribution in [0.3, 0.4) is 0 Å². The van der Waals surface area contributed by atoms with Crippen molar-refractivity contribution in [3.8, 4) is 5.69 Å². The molecule has 3 rings (SSSR count). The van der Waals surface area contributed by atoms with Crippen LogP contribution in [-0.2, 0) is 0 Å². The van der Waals surface area contributed by atoms with E-state index < -0.39 is 0 Å². The number of hydrogen-bond donors (Lipinski definition) is 1. The fraction of sp³-hybridized carbons (Fsp3) is 0.316. The molecule has 0 fully saturated rings. The minimum absolute atomic E-state index is 0.174. The number of aryl methyl sites for hydroxylation is 1. The van der Waals surface area contributed by atoms with Crippen molar-refractivity contribution in [2.45, 2.75) is 39.5 Å². The van der Waals surface area contributed by atoms with Crippen LogP contribution in [0.15, 0.2) is 41.5 Å². The molecule has 0 atom stereocenters. The largest absolute Gasteiger partial charge is 0.281 e. The minimum Gasteiger partial charge on any atom is -0.266 e. The second-order valence-corrected chi connectivity index (χ2v) is 6.94. The van der Waals surface area contributed by atoms with Crippen molar-refractivity contribution in [3.63, 3.8) is 0 Å². The zero-order valence-electron chi connectivity index (χ0n) is 14.5. The number of carbonyl (C=O) groups excluding carboxylic acids is 1. The number of carbonyl (C=O) groups is 1. The summed E-state index contributed by atoms with van der Waals surface area (Å²) in [5.41, 5.74) is 4.52. The minimum atomic E-state index is -0.174. The summed E-state index contributed by atoms with van der Waals surface area (Å²) in [6.45, 7) is 4.13. The van der Waals surface area contributed by atoms with Gasteiger partial charge in [0.15, 0.2) is 0 Å². The molecule has 3 aromatic rings. The number of nitrogens with zero attached hydrogens (tertiary/aromatic N) is 3. The van der Waals surface area contributed by atoms with Crippen LogP contribution >= 0.6 is 11.3 Å². The monoisotopic (exact) mass is 354 g/mol. The van der Waals surface area contributed by atoms with Crippen LogP contribution in [0.25, 0.3) is 15.9 Å². The molecular weight excluding hydrogens is 332 g/mol. The first kappa shape index (κ1) is 17.4. The van der Waals surface area contributed by atoms with Crippen molar-refractivity contribution in [1.29, 1.82) is 0 Å². The number of para-hydroxylation sites is 1. The number of unbranched alkanes of at least 4 members (excludes halogenated alkanes) is 3. The number of hydrogen-bond acceptors (Lipinski definition) is 4. The number of benzene rings is 1. The van der Waals surface area contributed by atoms with Crippen LogP contribution in [0.5, 0.6) is 0 Å². The molecule has 25 heavy (non-hydrogen) atoms. The van der Waals surface area contributed by atoms with E-state index in [-0.39, 0.29) is 5.91 Å². The lowest BCUT2D eigenvalue weighted by atomic mass is 10.2. The van der Waals surface area contributed by atoms with Crippen molar-refractivity contribution < 1.29 is 4.79 Å². The Labute approximate surface area is 151 Å². The van der Waals surface area contributed by atoms with Crippen LogP contribution in [0.1, 0.15) is 48.0 Å². The maximum Gasteiger partial charge on any atom is 0.281 e. The molecule has 5 nitrogen and oxygen atoms in total. The maximum atomic E-state index is 12.3. The molecule has 1 amide bonds. The summed E-state index contributed by atoms with van der Waals surface area (Å²) in [4.78, 5) is 13.9.